The predicted octanol–water partition coefficient (Wildman–Crippen LogP) is 2.28. The van der Waals surface area contributed by atoms with Crippen molar-refractivity contribution in [3.8, 4) is 0 Å². The fourth-order valence-electron chi connectivity index (χ4n) is 1.55. The van der Waals surface area contributed by atoms with E-state index in [0.717, 1.165) is 5.56 Å². The van der Waals surface area contributed by atoms with E-state index in [1.807, 2.05) is 13.3 Å². The van der Waals surface area contributed by atoms with E-state index in [0.29, 0.717) is 6.54 Å². The summed E-state index contributed by atoms with van der Waals surface area (Å²) in [6.45, 7) is 4.77. The Hall–Kier alpha value is -0.510. The molecule has 0 aliphatic rings. The van der Waals surface area contributed by atoms with Crippen molar-refractivity contribution in [2.75, 3.05) is 19.8 Å². The van der Waals surface area contributed by atoms with Crippen molar-refractivity contribution < 1.29 is 5.11 Å². The van der Waals surface area contributed by atoms with Crippen LogP contribution in [-0.2, 0) is 0 Å². The van der Waals surface area contributed by atoms with E-state index in [1.54, 1.807) is 11.8 Å². The van der Waals surface area contributed by atoms with Crippen LogP contribution in [0, 0.1) is 13.8 Å². The molecule has 0 spiro atoms. The number of nitrogens with one attached hydrogen (secondary N) is 1. The average molecular weight is 225 g/mol. The van der Waals surface area contributed by atoms with Gasteiger partial charge in [0.25, 0.3) is 0 Å². The van der Waals surface area contributed by atoms with Gasteiger partial charge in [-0.05, 0) is 49.9 Å². The second kappa shape index (κ2) is 5.54. The SMILES string of the molecule is CNCC(O)c1cc(C)c(C)cc1SC. The number of hydrogen-bond donors (Lipinski definition) is 2. The Morgan fingerprint density at radius 1 is 1.33 bits per heavy atom. The first kappa shape index (κ1) is 12.6. The van der Waals surface area contributed by atoms with Crippen molar-refractivity contribution in [3.05, 3.63) is 28.8 Å². The molecule has 1 rings (SSSR count). The first-order chi connectivity index (χ1) is 7.10. The van der Waals surface area contributed by atoms with Crippen LogP contribution >= 0.6 is 11.8 Å². The Kier molecular flexibility index (Phi) is 4.64. The number of aliphatic hydroxyl groups is 1. The second-order valence-electron chi connectivity index (χ2n) is 3.75. The summed E-state index contributed by atoms with van der Waals surface area (Å²) in [6.07, 6.45) is 1.62. The molecule has 2 N–H and O–H groups in total. The summed E-state index contributed by atoms with van der Waals surface area (Å²) in [5, 5.41) is 13.0. The van der Waals surface area contributed by atoms with Crippen LogP contribution < -0.4 is 5.32 Å². The van der Waals surface area contributed by atoms with Crippen LogP contribution in [0.5, 0.6) is 0 Å². The quantitative estimate of drug-likeness (QED) is 0.771. The average Bonchev–Trinajstić information content (AvgIpc) is 2.21. The number of likely N-dealkylation sites (N-methyl/N-ethyl adjacent to an activating group) is 1. The highest BCUT2D eigenvalue weighted by Gasteiger charge is 2.12. The highest BCUT2D eigenvalue weighted by atomic mass is 32.2. The summed E-state index contributed by atoms with van der Waals surface area (Å²) >= 11 is 1.68. The van der Waals surface area contributed by atoms with Crippen molar-refractivity contribution in [1.82, 2.24) is 5.32 Å². The van der Waals surface area contributed by atoms with Crippen molar-refractivity contribution in [3.63, 3.8) is 0 Å². The largest absolute Gasteiger partial charge is 0.387 e. The van der Waals surface area contributed by atoms with Gasteiger partial charge in [-0.25, -0.2) is 0 Å². The molecule has 0 saturated carbocycles. The maximum Gasteiger partial charge on any atom is 0.0925 e. The van der Waals surface area contributed by atoms with E-state index in [1.165, 1.54) is 16.0 Å². The molecule has 0 fully saturated rings. The molecule has 0 saturated heterocycles. The van der Waals surface area contributed by atoms with Crippen LogP contribution in [0.15, 0.2) is 17.0 Å². The molecule has 0 amide bonds. The summed E-state index contributed by atoms with van der Waals surface area (Å²) in [5.74, 6) is 0. The predicted molar refractivity (Wildman–Crippen MR) is 66.6 cm³/mol. The van der Waals surface area contributed by atoms with Gasteiger partial charge < -0.3 is 10.4 Å². The third-order valence-electron chi connectivity index (χ3n) is 2.60. The minimum Gasteiger partial charge on any atom is -0.387 e. The molecule has 15 heavy (non-hydrogen) atoms. The Balaban J connectivity index is 3.09. The minimum absolute atomic E-state index is 0.420. The molecule has 0 bridgehead atoms. The fourth-order valence-corrected chi connectivity index (χ4v) is 2.28. The molecule has 84 valence electrons. The van der Waals surface area contributed by atoms with Gasteiger partial charge in [-0.15, -0.1) is 11.8 Å². The normalized spacial score (nSPS) is 12.9. The minimum atomic E-state index is -0.420. The second-order valence-corrected chi connectivity index (χ2v) is 4.60. The smallest absolute Gasteiger partial charge is 0.0925 e. The van der Waals surface area contributed by atoms with Crippen LogP contribution in [-0.4, -0.2) is 25.0 Å². The molecule has 1 aromatic rings. The molecule has 1 aromatic carbocycles. The molecule has 1 atom stereocenters. The van der Waals surface area contributed by atoms with Crippen molar-refractivity contribution in [1.29, 1.82) is 0 Å². The highest BCUT2D eigenvalue weighted by Crippen LogP contribution is 2.28. The van der Waals surface area contributed by atoms with E-state index in [9.17, 15) is 5.11 Å². The maximum absolute atomic E-state index is 9.97. The van der Waals surface area contributed by atoms with Crippen LogP contribution in [0.3, 0.4) is 0 Å². The van der Waals surface area contributed by atoms with Gasteiger partial charge in [-0.2, -0.15) is 0 Å². The van der Waals surface area contributed by atoms with E-state index in [2.05, 4.69) is 31.3 Å². The van der Waals surface area contributed by atoms with Gasteiger partial charge in [-0.1, -0.05) is 6.07 Å². The van der Waals surface area contributed by atoms with Gasteiger partial charge in [-0.3, -0.25) is 0 Å². The summed E-state index contributed by atoms with van der Waals surface area (Å²) in [4.78, 5) is 1.17. The standard InChI is InChI=1S/C12H19NOS/c1-8-5-10(11(14)7-13-3)12(15-4)6-9(8)2/h5-6,11,13-14H,7H2,1-4H3. The third kappa shape index (κ3) is 2.97. The fraction of sp³-hybridized carbons (Fsp3) is 0.500. The van der Waals surface area contributed by atoms with Crippen LogP contribution in [0.1, 0.15) is 22.8 Å². The zero-order valence-electron chi connectivity index (χ0n) is 9.79. The van der Waals surface area contributed by atoms with Crippen LogP contribution in [0.4, 0.5) is 0 Å². The zero-order valence-corrected chi connectivity index (χ0v) is 10.6. The third-order valence-corrected chi connectivity index (χ3v) is 3.40. The molecule has 0 aliphatic heterocycles. The Morgan fingerprint density at radius 2 is 1.93 bits per heavy atom. The van der Waals surface area contributed by atoms with Gasteiger partial charge in [0.15, 0.2) is 0 Å². The number of rotatable bonds is 4. The topological polar surface area (TPSA) is 32.3 Å². The van der Waals surface area contributed by atoms with Crippen LogP contribution in [0.2, 0.25) is 0 Å². The summed E-state index contributed by atoms with van der Waals surface area (Å²) < 4.78 is 0. The number of thioether (sulfide) groups is 1. The van der Waals surface area contributed by atoms with E-state index >= 15 is 0 Å². The number of aryl methyl sites for hydroxylation is 2. The first-order valence-corrected chi connectivity index (χ1v) is 6.30. The Morgan fingerprint density at radius 3 is 2.47 bits per heavy atom. The number of hydrogen-bond acceptors (Lipinski definition) is 3. The molecule has 0 heterocycles. The molecule has 0 radical (unpaired) electrons. The lowest BCUT2D eigenvalue weighted by Crippen LogP contribution is -2.17. The van der Waals surface area contributed by atoms with Crippen molar-refractivity contribution in [2.24, 2.45) is 0 Å². The van der Waals surface area contributed by atoms with Gasteiger partial charge >= 0.3 is 0 Å². The molecule has 3 heteroatoms. The van der Waals surface area contributed by atoms with Gasteiger partial charge in [0.05, 0.1) is 6.10 Å². The van der Waals surface area contributed by atoms with E-state index in [4.69, 9.17) is 0 Å². The molecule has 0 aliphatic carbocycles. The van der Waals surface area contributed by atoms with E-state index < -0.39 is 6.10 Å². The molecular formula is C12H19NOS. The summed E-state index contributed by atoms with van der Waals surface area (Å²) in [7, 11) is 1.85. The van der Waals surface area contributed by atoms with E-state index in [-0.39, 0.29) is 0 Å². The van der Waals surface area contributed by atoms with Gasteiger partial charge in [0.1, 0.15) is 0 Å². The first-order valence-electron chi connectivity index (χ1n) is 5.08. The van der Waals surface area contributed by atoms with Crippen molar-refractivity contribution >= 4 is 11.8 Å². The van der Waals surface area contributed by atoms with Crippen molar-refractivity contribution in [2.45, 2.75) is 24.8 Å². The monoisotopic (exact) mass is 225 g/mol. The zero-order chi connectivity index (χ0) is 11.4. The summed E-state index contributed by atoms with van der Waals surface area (Å²) in [6, 6.07) is 4.23. The Bertz CT molecular complexity index is 339. The number of aliphatic hydroxyl groups excluding tert-OH is 1. The lowest BCUT2D eigenvalue weighted by atomic mass is 10.0. The number of benzene rings is 1. The molecule has 1 unspecified atom stereocenters. The molecule has 0 aromatic heterocycles. The van der Waals surface area contributed by atoms with Gasteiger partial charge in [0, 0.05) is 11.4 Å². The highest BCUT2D eigenvalue weighted by molar-refractivity contribution is 7.98. The maximum atomic E-state index is 9.97. The Labute approximate surface area is 96.1 Å². The lowest BCUT2D eigenvalue weighted by molar-refractivity contribution is 0.175. The van der Waals surface area contributed by atoms with Gasteiger partial charge in [0.2, 0.25) is 0 Å². The molecular weight excluding hydrogens is 206 g/mol. The van der Waals surface area contributed by atoms with Crippen LogP contribution in [0.25, 0.3) is 0 Å². The summed E-state index contributed by atoms with van der Waals surface area (Å²) in [5.41, 5.74) is 3.54. The molecule has 2 nitrogen and oxygen atoms in total. The lowest BCUT2D eigenvalue weighted by Gasteiger charge is -2.16.